The fourth-order valence-corrected chi connectivity index (χ4v) is 2.77. The molecule has 3 N–H and O–H groups in total. The number of ether oxygens (including phenoxy) is 1. The van der Waals surface area contributed by atoms with Gasteiger partial charge in [-0.25, -0.2) is 0 Å². The minimum Gasteiger partial charge on any atom is -0.496 e. The molecular weight excluding hydrogens is 236 g/mol. The molecule has 0 amide bonds. The highest BCUT2D eigenvalue weighted by Crippen LogP contribution is 2.39. The summed E-state index contributed by atoms with van der Waals surface area (Å²) in [7, 11) is 1.74. The molecule has 1 fully saturated rings. The lowest BCUT2D eigenvalue weighted by Gasteiger charge is -2.41. The topological polar surface area (TPSA) is 47.3 Å². The van der Waals surface area contributed by atoms with Gasteiger partial charge in [-0.15, -0.1) is 0 Å². The number of benzene rings is 1. The van der Waals surface area contributed by atoms with E-state index in [1.165, 1.54) is 36.0 Å². The number of hydrogen-bond acceptors (Lipinski definition) is 3. The molecule has 2 rings (SSSR count). The van der Waals surface area contributed by atoms with Crippen LogP contribution in [0.15, 0.2) is 12.1 Å². The van der Waals surface area contributed by atoms with Gasteiger partial charge in [0.25, 0.3) is 0 Å². The first-order chi connectivity index (χ1) is 9.10. The second-order valence-electron chi connectivity index (χ2n) is 5.91. The third kappa shape index (κ3) is 3.10. The molecule has 0 unspecified atom stereocenters. The zero-order valence-corrected chi connectivity index (χ0v) is 12.4. The van der Waals surface area contributed by atoms with E-state index in [1.807, 2.05) is 0 Å². The molecule has 0 saturated heterocycles. The fraction of sp³-hybridized carbons (Fsp3) is 0.625. The zero-order chi connectivity index (χ0) is 13.9. The zero-order valence-electron chi connectivity index (χ0n) is 12.4. The first-order valence-electron chi connectivity index (χ1n) is 7.15. The van der Waals surface area contributed by atoms with E-state index in [1.54, 1.807) is 7.11 Å². The first-order valence-corrected chi connectivity index (χ1v) is 7.15. The number of methoxy groups -OCH3 is 1. The molecule has 0 bridgehead atoms. The van der Waals surface area contributed by atoms with Crippen LogP contribution in [0, 0.1) is 19.3 Å². The van der Waals surface area contributed by atoms with Crippen LogP contribution in [0.5, 0.6) is 5.75 Å². The van der Waals surface area contributed by atoms with Gasteiger partial charge in [0.2, 0.25) is 0 Å². The summed E-state index contributed by atoms with van der Waals surface area (Å²) < 4.78 is 5.47. The van der Waals surface area contributed by atoms with Gasteiger partial charge < -0.3 is 15.8 Å². The monoisotopic (exact) mass is 262 g/mol. The van der Waals surface area contributed by atoms with E-state index in [4.69, 9.17) is 10.5 Å². The van der Waals surface area contributed by atoms with Gasteiger partial charge in [0.15, 0.2) is 0 Å². The van der Waals surface area contributed by atoms with Gasteiger partial charge in [-0.2, -0.15) is 0 Å². The summed E-state index contributed by atoms with van der Waals surface area (Å²) >= 11 is 0. The molecule has 1 aromatic rings. The average Bonchev–Trinajstić information content (AvgIpc) is 2.36. The molecule has 0 radical (unpaired) electrons. The lowest BCUT2D eigenvalue weighted by Crippen LogP contribution is -2.45. The second-order valence-corrected chi connectivity index (χ2v) is 5.91. The second kappa shape index (κ2) is 5.93. The molecule has 0 heterocycles. The number of hydrogen-bond donors (Lipinski definition) is 2. The van der Waals surface area contributed by atoms with Crippen LogP contribution in [0.4, 0.5) is 0 Å². The maximum atomic E-state index is 5.88. The summed E-state index contributed by atoms with van der Waals surface area (Å²) in [5, 5.41) is 3.56. The summed E-state index contributed by atoms with van der Waals surface area (Å²) in [4.78, 5) is 0. The predicted octanol–water partition coefficient (Wildman–Crippen LogP) is 2.53. The highest BCUT2D eigenvalue weighted by molar-refractivity contribution is 5.41. The summed E-state index contributed by atoms with van der Waals surface area (Å²) in [6.45, 7) is 6.92. The van der Waals surface area contributed by atoms with Crippen molar-refractivity contribution in [1.29, 1.82) is 0 Å². The number of nitrogens with two attached hydrogens (primary N) is 1. The lowest BCUT2D eigenvalue weighted by molar-refractivity contribution is 0.140. The third-order valence-electron chi connectivity index (χ3n) is 4.56. The molecule has 1 saturated carbocycles. The molecule has 0 aromatic heterocycles. The van der Waals surface area contributed by atoms with Crippen molar-refractivity contribution in [1.82, 2.24) is 5.32 Å². The fourth-order valence-electron chi connectivity index (χ4n) is 2.77. The Bertz CT molecular complexity index is 433. The Morgan fingerprint density at radius 3 is 2.47 bits per heavy atom. The van der Waals surface area contributed by atoms with E-state index in [0.717, 1.165) is 25.4 Å². The van der Waals surface area contributed by atoms with Crippen molar-refractivity contribution >= 4 is 0 Å². The van der Waals surface area contributed by atoms with Crippen LogP contribution >= 0.6 is 0 Å². The largest absolute Gasteiger partial charge is 0.496 e. The predicted molar refractivity (Wildman–Crippen MR) is 79.5 cm³/mol. The maximum absolute atomic E-state index is 5.88. The quantitative estimate of drug-likeness (QED) is 0.828. The number of rotatable bonds is 6. The van der Waals surface area contributed by atoms with Crippen molar-refractivity contribution < 1.29 is 4.74 Å². The van der Waals surface area contributed by atoms with Gasteiger partial charge in [-0.05, 0) is 55.8 Å². The summed E-state index contributed by atoms with van der Waals surface area (Å²) in [6, 6.07) is 4.34. The summed E-state index contributed by atoms with van der Waals surface area (Å²) in [5.41, 5.74) is 10.1. The van der Waals surface area contributed by atoms with E-state index in [0.29, 0.717) is 5.41 Å². The van der Waals surface area contributed by atoms with Crippen LogP contribution in [0.1, 0.15) is 36.0 Å². The Balaban J connectivity index is 1.97. The van der Waals surface area contributed by atoms with Crippen molar-refractivity contribution in [2.24, 2.45) is 11.1 Å². The van der Waals surface area contributed by atoms with E-state index in [9.17, 15) is 0 Å². The Labute approximate surface area is 116 Å². The van der Waals surface area contributed by atoms with Gasteiger partial charge in [0.1, 0.15) is 5.75 Å². The highest BCUT2D eigenvalue weighted by atomic mass is 16.5. The van der Waals surface area contributed by atoms with E-state index >= 15 is 0 Å². The van der Waals surface area contributed by atoms with Crippen molar-refractivity contribution in [3.63, 3.8) is 0 Å². The Hall–Kier alpha value is -1.06. The molecule has 19 heavy (non-hydrogen) atoms. The molecule has 0 aliphatic heterocycles. The van der Waals surface area contributed by atoms with Crippen LogP contribution < -0.4 is 15.8 Å². The Kier molecular flexibility index (Phi) is 4.48. The van der Waals surface area contributed by atoms with Crippen LogP contribution in [0.25, 0.3) is 0 Å². The van der Waals surface area contributed by atoms with E-state index < -0.39 is 0 Å². The Morgan fingerprint density at radius 2 is 1.95 bits per heavy atom. The summed E-state index contributed by atoms with van der Waals surface area (Å²) in [5.74, 6) is 0.978. The highest BCUT2D eigenvalue weighted by Gasteiger charge is 2.34. The maximum Gasteiger partial charge on any atom is 0.123 e. The van der Waals surface area contributed by atoms with Gasteiger partial charge in [-0.1, -0.05) is 12.5 Å². The molecule has 0 spiro atoms. The standard InChI is InChI=1S/C16H26N2O/c1-12-7-14(15(19-3)8-13(12)2)9-18-11-16(10-17)5-4-6-16/h7-8,18H,4-6,9-11,17H2,1-3H3. The normalized spacial score (nSPS) is 17.1. The smallest absolute Gasteiger partial charge is 0.123 e. The van der Waals surface area contributed by atoms with Gasteiger partial charge in [-0.3, -0.25) is 0 Å². The molecule has 1 aromatic carbocycles. The Morgan fingerprint density at radius 1 is 1.26 bits per heavy atom. The molecule has 3 nitrogen and oxygen atoms in total. The minimum absolute atomic E-state index is 0.354. The van der Waals surface area contributed by atoms with Crippen LogP contribution in [-0.4, -0.2) is 20.2 Å². The SMILES string of the molecule is COc1cc(C)c(C)cc1CNCC1(CN)CCC1. The molecule has 1 aliphatic rings. The molecule has 0 atom stereocenters. The molecule has 3 heteroatoms. The van der Waals surface area contributed by atoms with Crippen molar-refractivity contribution in [3.05, 3.63) is 28.8 Å². The van der Waals surface area contributed by atoms with Crippen molar-refractivity contribution in [2.75, 3.05) is 20.2 Å². The molecule has 106 valence electrons. The third-order valence-corrected chi connectivity index (χ3v) is 4.56. The lowest BCUT2D eigenvalue weighted by atomic mass is 9.69. The molecular formula is C16H26N2O. The van der Waals surface area contributed by atoms with Crippen molar-refractivity contribution in [2.45, 2.75) is 39.7 Å². The van der Waals surface area contributed by atoms with Gasteiger partial charge in [0.05, 0.1) is 7.11 Å². The van der Waals surface area contributed by atoms with E-state index in [2.05, 4.69) is 31.3 Å². The van der Waals surface area contributed by atoms with Gasteiger partial charge >= 0.3 is 0 Å². The number of nitrogens with one attached hydrogen (secondary N) is 1. The van der Waals surface area contributed by atoms with Crippen LogP contribution in [0.3, 0.4) is 0 Å². The number of aryl methyl sites for hydroxylation is 2. The van der Waals surface area contributed by atoms with Gasteiger partial charge in [0, 0.05) is 18.7 Å². The average molecular weight is 262 g/mol. The van der Waals surface area contributed by atoms with Crippen LogP contribution in [-0.2, 0) is 6.54 Å². The summed E-state index contributed by atoms with van der Waals surface area (Å²) in [6.07, 6.45) is 3.85. The van der Waals surface area contributed by atoms with E-state index in [-0.39, 0.29) is 0 Å². The van der Waals surface area contributed by atoms with Crippen LogP contribution in [0.2, 0.25) is 0 Å². The first kappa shape index (κ1) is 14.4. The van der Waals surface area contributed by atoms with Crippen molar-refractivity contribution in [3.8, 4) is 5.75 Å². The molecule has 1 aliphatic carbocycles. The minimum atomic E-state index is 0.354.